The molecule has 5 heteroatoms. The van der Waals surface area contributed by atoms with Crippen LogP contribution < -0.4 is 0 Å². The van der Waals surface area contributed by atoms with Crippen molar-refractivity contribution >= 4 is 5.91 Å². The second-order valence-electron chi connectivity index (χ2n) is 7.61. The molecule has 1 aromatic rings. The van der Waals surface area contributed by atoms with E-state index in [1.165, 1.54) is 12.1 Å². The number of likely N-dealkylation sites (tertiary alicyclic amines) is 1. The lowest BCUT2D eigenvalue weighted by Gasteiger charge is -2.39. The third-order valence-corrected chi connectivity index (χ3v) is 5.22. The van der Waals surface area contributed by atoms with Crippen LogP contribution in [-0.2, 0) is 16.0 Å². The summed E-state index contributed by atoms with van der Waals surface area (Å²) >= 11 is 0. The molecule has 2 atom stereocenters. The summed E-state index contributed by atoms with van der Waals surface area (Å²) in [5, 5.41) is 0. The first-order valence-electron chi connectivity index (χ1n) is 9.39. The summed E-state index contributed by atoms with van der Waals surface area (Å²) < 4.78 is 19.0. The monoisotopic (exact) mass is 348 g/mol. The second kappa shape index (κ2) is 8.28. The van der Waals surface area contributed by atoms with Crippen LogP contribution in [0.2, 0.25) is 0 Å². The van der Waals surface area contributed by atoms with Crippen molar-refractivity contribution in [2.24, 2.45) is 5.92 Å². The fraction of sp³-hybridized carbons (Fsp3) is 0.650. The van der Waals surface area contributed by atoms with E-state index in [2.05, 4.69) is 18.7 Å². The van der Waals surface area contributed by atoms with Gasteiger partial charge in [-0.25, -0.2) is 4.39 Å². The van der Waals surface area contributed by atoms with E-state index in [1.807, 2.05) is 11.0 Å². The van der Waals surface area contributed by atoms with E-state index in [1.54, 1.807) is 6.07 Å². The molecule has 2 unspecified atom stereocenters. The number of rotatable bonds is 4. The van der Waals surface area contributed by atoms with E-state index in [4.69, 9.17) is 4.74 Å². The number of halogens is 1. The van der Waals surface area contributed by atoms with Gasteiger partial charge >= 0.3 is 0 Å². The molecule has 1 amide bonds. The molecule has 2 saturated heterocycles. The van der Waals surface area contributed by atoms with Gasteiger partial charge in [-0.15, -0.1) is 0 Å². The third-order valence-electron chi connectivity index (χ3n) is 5.22. The zero-order chi connectivity index (χ0) is 17.8. The van der Waals surface area contributed by atoms with Crippen LogP contribution in [0.15, 0.2) is 24.3 Å². The number of nitrogens with zero attached hydrogens (tertiary/aromatic N) is 2. The Morgan fingerprint density at radius 2 is 1.88 bits per heavy atom. The maximum Gasteiger partial charge on any atom is 0.226 e. The average molecular weight is 348 g/mol. The quantitative estimate of drug-likeness (QED) is 0.839. The maximum absolute atomic E-state index is 13.3. The summed E-state index contributed by atoms with van der Waals surface area (Å²) in [7, 11) is 0. The summed E-state index contributed by atoms with van der Waals surface area (Å²) in [5.74, 6) is 0.478. The van der Waals surface area contributed by atoms with Gasteiger partial charge in [0.25, 0.3) is 0 Å². The molecular weight excluding hydrogens is 319 g/mol. The van der Waals surface area contributed by atoms with Crippen molar-refractivity contribution in [2.45, 2.75) is 45.3 Å². The highest BCUT2D eigenvalue weighted by molar-refractivity contribution is 5.78. The lowest BCUT2D eigenvalue weighted by atomic mass is 9.95. The Morgan fingerprint density at radius 3 is 2.52 bits per heavy atom. The molecule has 0 radical (unpaired) electrons. The van der Waals surface area contributed by atoms with Crippen LogP contribution in [0.4, 0.5) is 4.39 Å². The molecule has 3 rings (SSSR count). The molecule has 0 bridgehead atoms. The van der Waals surface area contributed by atoms with Gasteiger partial charge in [-0.3, -0.25) is 9.69 Å². The molecule has 0 spiro atoms. The summed E-state index contributed by atoms with van der Waals surface area (Å²) in [6, 6.07) is 6.33. The van der Waals surface area contributed by atoms with Crippen LogP contribution in [0.5, 0.6) is 0 Å². The van der Waals surface area contributed by atoms with Crippen molar-refractivity contribution in [1.29, 1.82) is 0 Å². The van der Waals surface area contributed by atoms with Gasteiger partial charge in [-0.1, -0.05) is 12.1 Å². The number of amides is 1. The Kier molecular flexibility index (Phi) is 6.07. The normalized spacial score (nSPS) is 26.0. The number of hydrogen-bond acceptors (Lipinski definition) is 3. The molecular formula is C20H29FN2O2. The van der Waals surface area contributed by atoms with Gasteiger partial charge in [0.2, 0.25) is 5.91 Å². The molecule has 0 saturated carbocycles. The minimum absolute atomic E-state index is 0.109. The van der Waals surface area contributed by atoms with Crippen LogP contribution in [0.1, 0.15) is 32.3 Å². The Morgan fingerprint density at radius 1 is 1.20 bits per heavy atom. The fourth-order valence-electron chi connectivity index (χ4n) is 4.10. The molecule has 0 aromatic heterocycles. The number of benzene rings is 1. The van der Waals surface area contributed by atoms with Gasteiger partial charge in [-0.05, 0) is 50.3 Å². The largest absolute Gasteiger partial charge is 0.373 e. The predicted molar refractivity (Wildman–Crippen MR) is 95.9 cm³/mol. The minimum Gasteiger partial charge on any atom is -0.373 e. The Labute approximate surface area is 149 Å². The molecule has 25 heavy (non-hydrogen) atoms. The number of hydrogen-bond donors (Lipinski definition) is 0. The van der Waals surface area contributed by atoms with Crippen LogP contribution >= 0.6 is 0 Å². The molecule has 2 aliphatic heterocycles. The highest BCUT2D eigenvalue weighted by Crippen LogP contribution is 2.21. The van der Waals surface area contributed by atoms with Crippen LogP contribution in [0, 0.1) is 11.7 Å². The maximum atomic E-state index is 13.3. The molecule has 4 nitrogen and oxygen atoms in total. The zero-order valence-electron chi connectivity index (χ0n) is 15.3. The van der Waals surface area contributed by atoms with Crippen molar-refractivity contribution in [3.05, 3.63) is 35.6 Å². The predicted octanol–water partition coefficient (Wildman–Crippen LogP) is 2.72. The van der Waals surface area contributed by atoms with Crippen LogP contribution in [0.25, 0.3) is 0 Å². The van der Waals surface area contributed by atoms with Gasteiger partial charge in [0, 0.05) is 32.7 Å². The Hall–Kier alpha value is -1.46. The first-order valence-corrected chi connectivity index (χ1v) is 9.39. The van der Waals surface area contributed by atoms with Gasteiger partial charge in [0.15, 0.2) is 0 Å². The van der Waals surface area contributed by atoms with E-state index >= 15 is 0 Å². The average Bonchev–Trinajstić information content (AvgIpc) is 2.54. The fourth-order valence-corrected chi connectivity index (χ4v) is 4.10. The molecule has 138 valence electrons. The molecule has 2 aliphatic rings. The lowest BCUT2D eigenvalue weighted by molar-refractivity contribution is -0.132. The number of ether oxygens (including phenoxy) is 1. The van der Waals surface area contributed by atoms with Crippen molar-refractivity contribution in [3.8, 4) is 0 Å². The van der Waals surface area contributed by atoms with Crippen molar-refractivity contribution in [3.63, 3.8) is 0 Å². The van der Waals surface area contributed by atoms with Gasteiger partial charge in [0.05, 0.1) is 18.6 Å². The highest BCUT2D eigenvalue weighted by Gasteiger charge is 2.27. The van der Waals surface area contributed by atoms with E-state index in [9.17, 15) is 9.18 Å². The molecule has 0 aliphatic carbocycles. The molecule has 2 fully saturated rings. The zero-order valence-corrected chi connectivity index (χ0v) is 15.3. The summed E-state index contributed by atoms with van der Waals surface area (Å²) in [6.07, 6.45) is 3.00. The number of carbonyl (C=O) groups is 1. The summed E-state index contributed by atoms with van der Waals surface area (Å²) in [4.78, 5) is 16.9. The summed E-state index contributed by atoms with van der Waals surface area (Å²) in [6.45, 7) is 9.01. The Bertz CT molecular complexity index is 577. The number of piperidine rings is 1. The minimum atomic E-state index is -0.280. The SMILES string of the molecule is CC1CN(CC2CCN(C(=O)Cc3cccc(F)c3)CC2)CC(C)O1. The van der Waals surface area contributed by atoms with Gasteiger partial charge in [-0.2, -0.15) is 0 Å². The van der Waals surface area contributed by atoms with Crippen molar-refractivity contribution in [2.75, 3.05) is 32.7 Å². The molecule has 2 heterocycles. The lowest BCUT2D eigenvalue weighted by Crippen LogP contribution is -2.48. The van der Waals surface area contributed by atoms with E-state index in [-0.39, 0.29) is 11.7 Å². The van der Waals surface area contributed by atoms with Crippen molar-refractivity contribution < 1.29 is 13.9 Å². The third kappa shape index (κ3) is 5.25. The van der Waals surface area contributed by atoms with Crippen LogP contribution in [-0.4, -0.2) is 60.6 Å². The molecule has 0 N–H and O–H groups in total. The topological polar surface area (TPSA) is 32.8 Å². The first-order chi connectivity index (χ1) is 12.0. The Balaban J connectivity index is 1.44. The first kappa shape index (κ1) is 18.3. The van der Waals surface area contributed by atoms with E-state index in [0.29, 0.717) is 24.5 Å². The molecule has 1 aromatic carbocycles. The van der Waals surface area contributed by atoms with Crippen LogP contribution in [0.3, 0.4) is 0 Å². The van der Waals surface area contributed by atoms with Crippen molar-refractivity contribution in [1.82, 2.24) is 9.80 Å². The van der Waals surface area contributed by atoms with E-state index < -0.39 is 0 Å². The summed E-state index contributed by atoms with van der Waals surface area (Å²) in [5.41, 5.74) is 0.753. The number of morpholine rings is 1. The van der Waals surface area contributed by atoms with Gasteiger partial charge < -0.3 is 9.64 Å². The number of carbonyl (C=O) groups excluding carboxylic acids is 1. The van der Waals surface area contributed by atoms with Gasteiger partial charge in [0.1, 0.15) is 5.82 Å². The second-order valence-corrected chi connectivity index (χ2v) is 7.61. The standard InChI is InChI=1S/C20H29FN2O2/c1-15-12-22(13-16(2)25-15)14-17-6-8-23(9-7-17)20(24)11-18-4-3-5-19(21)10-18/h3-5,10,15-17H,6-9,11-14H2,1-2H3. The van der Waals surface area contributed by atoms with E-state index in [0.717, 1.165) is 51.1 Å². The highest BCUT2D eigenvalue weighted by atomic mass is 19.1. The smallest absolute Gasteiger partial charge is 0.226 e.